The van der Waals surface area contributed by atoms with E-state index in [1.54, 1.807) is 6.92 Å². The molecule has 0 radical (unpaired) electrons. The molecule has 2 aliphatic rings. The molecule has 2 fully saturated rings. The van der Waals surface area contributed by atoms with Gasteiger partial charge in [0, 0.05) is 0 Å². The van der Waals surface area contributed by atoms with Gasteiger partial charge in [-0.1, -0.05) is 15.9 Å². The molecule has 3 unspecified atom stereocenters. The summed E-state index contributed by atoms with van der Waals surface area (Å²) < 4.78 is 10.7. The highest BCUT2D eigenvalue weighted by atomic mass is 79.9. The molecule has 2 aliphatic heterocycles. The molecule has 0 saturated carbocycles. The molecular weight excluding hydrogens is 236 g/mol. The molecule has 0 amide bonds. The third-order valence-electron chi connectivity index (χ3n) is 3.49. The molecule has 2 rings (SSSR count). The van der Waals surface area contributed by atoms with Gasteiger partial charge in [0.2, 0.25) is 0 Å². The fourth-order valence-corrected chi connectivity index (χ4v) is 2.91. The molecule has 3 atom stereocenters. The third-order valence-corrected chi connectivity index (χ3v) is 5.03. The first kappa shape index (κ1) is 9.90. The monoisotopic (exact) mass is 250 g/mol. The van der Waals surface area contributed by atoms with Crippen LogP contribution >= 0.6 is 15.9 Å². The van der Waals surface area contributed by atoms with Crippen LogP contribution in [0.3, 0.4) is 0 Å². The fourth-order valence-electron chi connectivity index (χ4n) is 2.05. The van der Waals surface area contributed by atoms with Crippen LogP contribution < -0.4 is 0 Å². The van der Waals surface area contributed by atoms with Crippen molar-refractivity contribution < 1.29 is 14.6 Å². The van der Waals surface area contributed by atoms with E-state index in [2.05, 4.69) is 15.9 Å². The molecule has 2 heterocycles. The van der Waals surface area contributed by atoms with Crippen LogP contribution in [0.4, 0.5) is 0 Å². The maximum atomic E-state index is 10.4. The van der Waals surface area contributed by atoms with Crippen molar-refractivity contribution >= 4 is 15.9 Å². The number of alkyl halides is 1. The first-order valence-corrected chi connectivity index (χ1v) is 5.31. The molecule has 3 nitrogen and oxygen atoms in total. The summed E-state index contributed by atoms with van der Waals surface area (Å²) in [5.41, 5.74) is -1.47. The van der Waals surface area contributed by atoms with Crippen molar-refractivity contribution in [2.24, 2.45) is 0 Å². The summed E-state index contributed by atoms with van der Waals surface area (Å²) in [7, 11) is 0. The second-order valence-electron chi connectivity index (χ2n) is 4.52. The van der Waals surface area contributed by atoms with Crippen molar-refractivity contribution in [3.63, 3.8) is 0 Å². The van der Waals surface area contributed by atoms with Gasteiger partial charge < -0.3 is 14.6 Å². The Hall–Kier alpha value is 0.360. The summed E-state index contributed by atoms with van der Waals surface area (Å²) in [6.45, 7) is 6.22. The highest BCUT2D eigenvalue weighted by Gasteiger charge is 2.68. The van der Waals surface area contributed by atoms with Crippen molar-refractivity contribution in [1.82, 2.24) is 0 Å². The van der Waals surface area contributed by atoms with Crippen molar-refractivity contribution in [3.8, 4) is 0 Å². The van der Waals surface area contributed by atoms with E-state index in [4.69, 9.17) is 9.47 Å². The quantitative estimate of drug-likeness (QED) is 0.662. The summed E-state index contributed by atoms with van der Waals surface area (Å²) in [5.74, 6) is 0. The highest BCUT2D eigenvalue weighted by Crippen LogP contribution is 2.55. The molecular formula is C9H15BrO3. The Morgan fingerprint density at radius 1 is 1.38 bits per heavy atom. The smallest absolute Gasteiger partial charge is 0.176 e. The van der Waals surface area contributed by atoms with Gasteiger partial charge in [0.15, 0.2) is 6.29 Å². The lowest BCUT2D eigenvalue weighted by atomic mass is 9.79. The van der Waals surface area contributed by atoms with E-state index in [1.807, 2.05) is 13.8 Å². The topological polar surface area (TPSA) is 38.7 Å². The SMILES string of the molecule is CC1(C)OC2OCCC2(Br)C1(C)O. The number of hydrogen-bond acceptors (Lipinski definition) is 3. The van der Waals surface area contributed by atoms with Crippen molar-refractivity contribution in [1.29, 1.82) is 0 Å². The minimum atomic E-state index is -0.902. The van der Waals surface area contributed by atoms with Gasteiger partial charge in [-0.05, 0) is 27.2 Å². The molecule has 0 aromatic carbocycles. The summed E-state index contributed by atoms with van der Waals surface area (Å²) in [6.07, 6.45) is 0.464. The lowest BCUT2D eigenvalue weighted by Crippen LogP contribution is -2.55. The Balaban J connectivity index is 2.42. The van der Waals surface area contributed by atoms with Crippen LogP contribution in [0.25, 0.3) is 0 Å². The second-order valence-corrected chi connectivity index (χ2v) is 5.93. The Labute approximate surface area is 86.5 Å². The number of ether oxygens (including phenoxy) is 2. The summed E-state index contributed by atoms with van der Waals surface area (Å²) >= 11 is 3.57. The molecule has 0 bridgehead atoms. The zero-order valence-electron chi connectivity index (χ0n) is 8.13. The number of rotatable bonds is 0. The highest BCUT2D eigenvalue weighted by molar-refractivity contribution is 9.10. The van der Waals surface area contributed by atoms with E-state index in [0.717, 1.165) is 6.42 Å². The molecule has 76 valence electrons. The van der Waals surface area contributed by atoms with Crippen LogP contribution in [0.2, 0.25) is 0 Å². The van der Waals surface area contributed by atoms with Crippen LogP contribution in [0.1, 0.15) is 27.2 Å². The predicted molar refractivity (Wildman–Crippen MR) is 51.8 cm³/mol. The van der Waals surface area contributed by atoms with Crippen molar-refractivity contribution in [3.05, 3.63) is 0 Å². The lowest BCUT2D eigenvalue weighted by Gasteiger charge is -2.38. The third kappa shape index (κ3) is 1.00. The van der Waals surface area contributed by atoms with Gasteiger partial charge in [0.25, 0.3) is 0 Å². The summed E-state index contributed by atoms with van der Waals surface area (Å²) in [6, 6.07) is 0. The van der Waals surface area contributed by atoms with E-state index in [-0.39, 0.29) is 6.29 Å². The predicted octanol–water partition coefficient (Wildman–Crippen LogP) is 1.43. The van der Waals surface area contributed by atoms with Crippen LogP contribution in [0, 0.1) is 0 Å². The number of aliphatic hydroxyl groups is 1. The van der Waals surface area contributed by atoms with Gasteiger partial charge in [-0.2, -0.15) is 0 Å². The Kier molecular flexibility index (Phi) is 1.89. The Morgan fingerprint density at radius 2 is 2.00 bits per heavy atom. The van der Waals surface area contributed by atoms with Gasteiger partial charge in [0.05, 0.1) is 12.2 Å². The maximum Gasteiger partial charge on any atom is 0.176 e. The van der Waals surface area contributed by atoms with Crippen molar-refractivity contribution in [2.45, 2.75) is 49.0 Å². The largest absolute Gasteiger partial charge is 0.386 e. The standard InChI is InChI=1S/C9H15BrO3/c1-7(2)8(3,11)9(10)4-5-12-6(9)13-7/h6,11H,4-5H2,1-3H3. The van der Waals surface area contributed by atoms with E-state index in [9.17, 15) is 5.11 Å². The Morgan fingerprint density at radius 3 is 2.54 bits per heavy atom. The van der Waals surface area contributed by atoms with Crippen LogP contribution in [-0.4, -0.2) is 33.5 Å². The van der Waals surface area contributed by atoms with Gasteiger partial charge in [-0.25, -0.2) is 0 Å². The number of fused-ring (bicyclic) bond motifs is 1. The van der Waals surface area contributed by atoms with E-state index >= 15 is 0 Å². The van der Waals surface area contributed by atoms with Crippen molar-refractivity contribution in [2.75, 3.05) is 6.61 Å². The molecule has 1 N–H and O–H groups in total. The first-order chi connectivity index (χ1) is 5.81. The average molecular weight is 251 g/mol. The molecule has 2 saturated heterocycles. The Bertz CT molecular complexity index is 236. The van der Waals surface area contributed by atoms with Crippen LogP contribution in [0.15, 0.2) is 0 Å². The molecule has 0 aromatic heterocycles. The molecule has 13 heavy (non-hydrogen) atoms. The second kappa shape index (κ2) is 2.48. The number of halogens is 1. The number of hydrogen-bond donors (Lipinski definition) is 1. The van der Waals surface area contributed by atoms with Gasteiger partial charge >= 0.3 is 0 Å². The van der Waals surface area contributed by atoms with Crippen LogP contribution in [-0.2, 0) is 9.47 Å². The minimum absolute atomic E-state index is 0.322. The molecule has 0 aliphatic carbocycles. The maximum absolute atomic E-state index is 10.4. The normalized spacial score (nSPS) is 53.8. The van der Waals surface area contributed by atoms with E-state index in [0.29, 0.717) is 6.61 Å². The van der Waals surface area contributed by atoms with Gasteiger partial charge in [-0.15, -0.1) is 0 Å². The first-order valence-electron chi connectivity index (χ1n) is 4.52. The van der Waals surface area contributed by atoms with E-state index in [1.165, 1.54) is 0 Å². The fraction of sp³-hybridized carbons (Fsp3) is 1.00. The van der Waals surface area contributed by atoms with Gasteiger partial charge in [-0.3, -0.25) is 0 Å². The molecule has 4 heteroatoms. The zero-order chi connectivity index (χ0) is 9.91. The van der Waals surface area contributed by atoms with E-state index < -0.39 is 15.5 Å². The average Bonchev–Trinajstić information content (AvgIpc) is 2.37. The molecule has 0 aromatic rings. The summed E-state index contributed by atoms with van der Waals surface area (Å²) in [5, 5.41) is 10.4. The van der Waals surface area contributed by atoms with Crippen LogP contribution in [0.5, 0.6) is 0 Å². The zero-order valence-corrected chi connectivity index (χ0v) is 9.72. The lowest BCUT2D eigenvalue weighted by molar-refractivity contribution is -0.165. The molecule has 0 spiro atoms. The summed E-state index contributed by atoms with van der Waals surface area (Å²) in [4.78, 5) is 0. The minimum Gasteiger partial charge on any atom is -0.386 e. The van der Waals surface area contributed by atoms with Gasteiger partial charge in [0.1, 0.15) is 9.93 Å².